The van der Waals surface area contributed by atoms with Crippen molar-refractivity contribution >= 4 is 10.0 Å². The van der Waals surface area contributed by atoms with E-state index in [0.717, 1.165) is 0 Å². The van der Waals surface area contributed by atoms with Crippen LogP contribution in [-0.2, 0) is 20.5 Å². The highest BCUT2D eigenvalue weighted by Gasteiger charge is 2.27. The molecule has 1 heterocycles. The molecule has 0 aliphatic carbocycles. The second-order valence-electron chi connectivity index (χ2n) is 4.54. The van der Waals surface area contributed by atoms with Crippen molar-refractivity contribution in [2.24, 2.45) is 0 Å². The molecule has 1 aliphatic heterocycles. The van der Waals surface area contributed by atoms with E-state index in [1.165, 1.54) is 24.3 Å². The van der Waals surface area contributed by atoms with Gasteiger partial charge >= 0.3 is 0 Å². The van der Waals surface area contributed by atoms with E-state index in [-0.39, 0.29) is 12.4 Å². The molecule has 19 heavy (non-hydrogen) atoms. The molecule has 2 atom stereocenters. The first-order valence-corrected chi connectivity index (χ1v) is 7.62. The minimum absolute atomic E-state index is 0.129. The van der Waals surface area contributed by atoms with Crippen LogP contribution in [0.4, 0.5) is 4.39 Å². The number of halogens is 1. The van der Waals surface area contributed by atoms with Crippen molar-refractivity contribution in [3.63, 3.8) is 0 Å². The van der Waals surface area contributed by atoms with Gasteiger partial charge < -0.3 is 9.84 Å². The van der Waals surface area contributed by atoms with Gasteiger partial charge in [-0.05, 0) is 24.1 Å². The van der Waals surface area contributed by atoms with Gasteiger partial charge in [0, 0.05) is 6.61 Å². The highest BCUT2D eigenvalue weighted by atomic mass is 32.2. The Hall–Kier alpha value is -1.02. The molecule has 1 aliphatic rings. The number of ether oxygens (including phenoxy) is 1. The van der Waals surface area contributed by atoms with Crippen molar-refractivity contribution in [2.75, 3.05) is 13.2 Å². The van der Waals surface area contributed by atoms with Crippen LogP contribution in [0.25, 0.3) is 0 Å². The molecule has 0 spiro atoms. The highest BCUT2D eigenvalue weighted by Crippen LogP contribution is 2.12. The van der Waals surface area contributed by atoms with Crippen molar-refractivity contribution in [1.29, 1.82) is 0 Å². The Morgan fingerprint density at radius 1 is 1.37 bits per heavy atom. The number of aliphatic hydroxyl groups is 1. The zero-order chi connectivity index (χ0) is 13.9. The van der Waals surface area contributed by atoms with Gasteiger partial charge in [0.25, 0.3) is 0 Å². The molecule has 0 radical (unpaired) electrons. The molecule has 1 saturated heterocycles. The zero-order valence-corrected chi connectivity index (χ0v) is 11.1. The number of hydrogen-bond acceptors (Lipinski definition) is 4. The first-order chi connectivity index (χ1) is 8.96. The lowest BCUT2D eigenvalue weighted by Gasteiger charge is -2.28. The maximum Gasteiger partial charge on any atom is 0.216 e. The van der Waals surface area contributed by atoms with Gasteiger partial charge in [-0.25, -0.2) is 17.5 Å². The monoisotopic (exact) mass is 289 g/mol. The first-order valence-electron chi connectivity index (χ1n) is 5.96. The number of hydrogen-bond donors (Lipinski definition) is 2. The Bertz CT molecular complexity index is 517. The van der Waals surface area contributed by atoms with Gasteiger partial charge in [-0.15, -0.1) is 0 Å². The van der Waals surface area contributed by atoms with Crippen LogP contribution in [-0.4, -0.2) is 38.9 Å². The molecule has 0 aromatic heterocycles. The number of nitrogens with one attached hydrogen (secondary N) is 1. The van der Waals surface area contributed by atoms with Crippen LogP contribution in [0.5, 0.6) is 0 Å². The molecular weight excluding hydrogens is 273 g/mol. The third-order valence-corrected chi connectivity index (χ3v) is 4.30. The fourth-order valence-electron chi connectivity index (χ4n) is 1.93. The van der Waals surface area contributed by atoms with Crippen LogP contribution >= 0.6 is 0 Å². The van der Waals surface area contributed by atoms with Crippen LogP contribution in [0.2, 0.25) is 0 Å². The van der Waals surface area contributed by atoms with Crippen LogP contribution in [0.15, 0.2) is 24.3 Å². The highest BCUT2D eigenvalue weighted by molar-refractivity contribution is 7.88. The molecule has 0 bridgehead atoms. The summed E-state index contributed by atoms with van der Waals surface area (Å²) >= 11 is 0. The van der Waals surface area contributed by atoms with Crippen molar-refractivity contribution in [3.05, 3.63) is 35.6 Å². The Kier molecular flexibility index (Phi) is 4.51. The Labute approximate surface area is 111 Å². The lowest BCUT2D eigenvalue weighted by atomic mass is 10.1. The van der Waals surface area contributed by atoms with Crippen LogP contribution in [0.3, 0.4) is 0 Å². The van der Waals surface area contributed by atoms with Crippen molar-refractivity contribution < 1.29 is 22.7 Å². The summed E-state index contributed by atoms with van der Waals surface area (Å²) in [4.78, 5) is 0. The van der Waals surface area contributed by atoms with Gasteiger partial charge in [-0.2, -0.15) is 0 Å². The molecule has 7 heteroatoms. The molecule has 5 nitrogen and oxygen atoms in total. The minimum atomic E-state index is -3.57. The molecule has 1 aromatic carbocycles. The molecule has 106 valence electrons. The topological polar surface area (TPSA) is 75.6 Å². The fourth-order valence-corrected chi connectivity index (χ4v) is 3.38. The molecule has 2 rings (SSSR count). The second kappa shape index (κ2) is 5.96. The lowest BCUT2D eigenvalue weighted by molar-refractivity contribution is -0.0222. The number of benzene rings is 1. The normalized spacial score (nSPS) is 24.3. The van der Waals surface area contributed by atoms with Gasteiger partial charge in [0.15, 0.2) is 0 Å². The van der Waals surface area contributed by atoms with Gasteiger partial charge in [-0.3, -0.25) is 0 Å². The van der Waals surface area contributed by atoms with E-state index in [4.69, 9.17) is 4.74 Å². The second-order valence-corrected chi connectivity index (χ2v) is 6.29. The summed E-state index contributed by atoms with van der Waals surface area (Å²) in [6.07, 6.45) is -0.402. The largest absolute Gasteiger partial charge is 0.389 e. The van der Waals surface area contributed by atoms with Crippen molar-refractivity contribution in [1.82, 2.24) is 4.72 Å². The van der Waals surface area contributed by atoms with Crippen molar-refractivity contribution in [2.45, 2.75) is 24.3 Å². The van der Waals surface area contributed by atoms with Gasteiger partial charge in [-0.1, -0.05) is 12.1 Å². The minimum Gasteiger partial charge on any atom is -0.389 e. The van der Waals surface area contributed by atoms with E-state index in [1.807, 2.05) is 0 Å². The zero-order valence-electron chi connectivity index (χ0n) is 10.3. The van der Waals surface area contributed by atoms with E-state index < -0.39 is 28.0 Å². The summed E-state index contributed by atoms with van der Waals surface area (Å²) in [6, 6.07) is 4.76. The van der Waals surface area contributed by atoms with Gasteiger partial charge in [0.1, 0.15) is 5.82 Å². The summed E-state index contributed by atoms with van der Waals surface area (Å²) in [7, 11) is -3.57. The summed E-state index contributed by atoms with van der Waals surface area (Å²) < 4.78 is 44.1. The third-order valence-electron chi connectivity index (χ3n) is 2.93. The summed E-state index contributed by atoms with van der Waals surface area (Å²) in [5, 5.41) is 9.63. The number of sulfonamides is 1. The van der Waals surface area contributed by atoms with E-state index in [9.17, 15) is 17.9 Å². The molecular formula is C12H16FNO4S. The SMILES string of the molecule is O=S(=O)(Cc1ccc(F)cc1)N[C@@H]1CCOC[C@H]1O. The summed E-state index contributed by atoms with van der Waals surface area (Å²) in [5.74, 6) is -0.647. The number of rotatable bonds is 4. The molecule has 0 amide bonds. The fraction of sp³-hybridized carbons (Fsp3) is 0.500. The van der Waals surface area contributed by atoms with Crippen LogP contribution < -0.4 is 4.72 Å². The predicted octanol–water partition coefficient (Wildman–Crippen LogP) is 0.395. The van der Waals surface area contributed by atoms with Crippen LogP contribution in [0, 0.1) is 5.82 Å². The van der Waals surface area contributed by atoms with E-state index in [0.29, 0.717) is 18.6 Å². The standard InChI is InChI=1S/C12H16FNO4S/c13-10-3-1-9(2-4-10)8-19(16,17)14-11-5-6-18-7-12(11)15/h1-4,11-12,14-15H,5-8H2/t11-,12-/m1/s1. The van der Waals surface area contributed by atoms with Gasteiger partial charge in [0.05, 0.1) is 24.5 Å². The first kappa shape index (κ1) is 14.4. The molecule has 0 unspecified atom stereocenters. The lowest BCUT2D eigenvalue weighted by Crippen LogP contribution is -2.48. The Morgan fingerprint density at radius 3 is 2.68 bits per heavy atom. The quantitative estimate of drug-likeness (QED) is 0.841. The maximum atomic E-state index is 12.7. The smallest absolute Gasteiger partial charge is 0.216 e. The Morgan fingerprint density at radius 2 is 2.05 bits per heavy atom. The van der Waals surface area contributed by atoms with Crippen LogP contribution in [0.1, 0.15) is 12.0 Å². The maximum absolute atomic E-state index is 12.7. The molecule has 1 aromatic rings. The van der Waals surface area contributed by atoms with Crippen molar-refractivity contribution in [3.8, 4) is 0 Å². The number of aliphatic hydroxyl groups excluding tert-OH is 1. The van der Waals surface area contributed by atoms with E-state index >= 15 is 0 Å². The average Bonchev–Trinajstić information content (AvgIpc) is 2.35. The van der Waals surface area contributed by atoms with E-state index in [2.05, 4.69) is 4.72 Å². The summed E-state index contributed by atoms with van der Waals surface area (Å²) in [6.45, 7) is 0.546. The summed E-state index contributed by atoms with van der Waals surface area (Å²) in [5.41, 5.74) is 0.496. The molecule has 1 fully saturated rings. The van der Waals surface area contributed by atoms with E-state index in [1.54, 1.807) is 0 Å². The third kappa shape index (κ3) is 4.24. The predicted molar refractivity (Wildman–Crippen MR) is 67.4 cm³/mol. The molecule has 0 saturated carbocycles. The Balaban J connectivity index is 2.00. The average molecular weight is 289 g/mol. The molecule has 2 N–H and O–H groups in total. The van der Waals surface area contributed by atoms with Gasteiger partial charge in [0.2, 0.25) is 10.0 Å².